The molecule has 0 aromatic carbocycles. The van der Waals surface area contributed by atoms with E-state index in [-0.39, 0.29) is 29.8 Å². The lowest BCUT2D eigenvalue weighted by Crippen LogP contribution is -2.06. The molecule has 4 rings (SSSR count). The largest absolute Gasteiger partial charge is 0.481 e. The quantitative estimate of drug-likeness (QED) is 0.357. The topological polar surface area (TPSA) is 159 Å². The summed E-state index contributed by atoms with van der Waals surface area (Å²) < 4.78 is 29.3. The summed E-state index contributed by atoms with van der Waals surface area (Å²) in [6, 6.07) is 3.22. The Kier molecular flexibility index (Phi) is 9.11. The number of pyridine rings is 1. The Morgan fingerprint density at radius 2 is 2.06 bits per heavy atom. The molecule has 10 nitrogen and oxygen atoms in total. The van der Waals surface area contributed by atoms with Gasteiger partial charge >= 0.3 is 5.97 Å². The number of halogens is 2. The summed E-state index contributed by atoms with van der Waals surface area (Å²) in [5.41, 5.74) is 6.86. The number of nitrogen functional groups attached to an aromatic ring is 1. The normalized spacial score (nSPS) is 10.9. The molecule has 0 aliphatic heterocycles. The first-order valence-electron chi connectivity index (χ1n) is 10.3. The number of aromatic nitrogens is 6. The summed E-state index contributed by atoms with van der Waals surface area (Å²) in [5.74, 6) is -2.44. The highest BCUT2D eigenvalue weighted by atomic mass is 19.1. The van der Waals surface area contributed by atoms with Crippen molar-refractivity contribution in [1.29, 1.82) is 5.26 Å². The molecule has 0 fully saturated rings. The first-order chi connectivity index (χ1) is 16.7. The van der Waals surface area contributed by atoms with Crippen molar-refractivity contribution in [3.05, 3.63) is 55.6 Å². The van der Waals surface area contributed by atoms with Crippen molar-refractivity contribution < 1.29 is 18.7 Å². The standard InChI is InChI=1S/C16H10F2N8.C5H10O2.C2H4/c17-9-3-10-11(6-22-15(10)21-5-9)16-24-13(12(18)14(20)25-16)8-4-23-26(7-8)2-1-19;1-3-4(2)5(6)7;1-2/h3-7H,2H2,(H,21,22)(H2,20,24,25);4H,3H2,1-2H3,(H,6,7);1-2H2. The number of nitrogens with one attached hydrogen (secondary N) is 1. The molecular formula is C23H24F2N8O2. The Balaban J connectivity index is 0.000000416. The average molecular weight is 482 g/mol. The van der Waals surface area contributed by atoms with Crippen LogP contribution >= 0.6 is 0 Å². The van der Waals surface area contributed by atoms with Gasteiger partial charge < -0.3 is 15.8 Å². The molecule has 182 valence electrons. The second-order valence-electron chi connectivity index (χ2n) is 7.08. The van der Waals surface area contributed by atoms with Crippen LogP contribution in [-0.2, 0) is 11.3 Å². The molecule has 4 N–H and O–H groups in total. The number of carboxylic acids is 1. The van der Waals surface area contributed by atoms with Crippen LogP contribution in [0.2, 0.25) is 0 Å². The molecule has 4 aromatic rings. The Hall–Kier alpha value is -4.66. The number of anilines is 1. The summed E-state index contributed by atoms with van der Waals surface area (Å²) in [7, 11) is 0. The maximum atomic E-state index is 14.4. The number of rotatable bonds is 5. The predicted molar refractivity (Wildman–Crippen MR) is 127 cm³/mol. The third-order valence-corrected chi connectivity index (χ3v) is 4.79. The van der Waals surface area contributed by atoms with Crippen molar-refractivity contribution in [2.24, 2.45) is 5.92 Å². The van der Waals surface area contributed by atoms with E-state index in [1.54, 1.807) is 13.1 Å². The van der Waals surface area contributed by atoms with Crippen molar-refractivity contribution in [3.63, 3.8) is 0 Å². The summed E-state index contributed by atoms with van der Waals surface area (Å²) in [5, 5.41) is 21.3. The number of carboxylic acid groups (broad SMARTS) is 1. The number of carbonyl (C=O) groups is 1. The number of nitrogens with two attached hydrogens (primary N) is 1. The summed E-state index contributed by atoms with van der Waals surface area (Å²) in [6.45, 7) is 9.57. The molecule has 0 saturated carbocycles. The van der Waals surface area contributed by atoms with Crippen molar-refractivity contribution in [3.8, 4) is 28.7 Å². The molecule has 4 aromatic heterocycles. The molecule has 1 atom stereocenters. The lowest BCUT2D eigenvalue weighted by atomic mass is 10.1. The lowest BCUT2D eigenvalue weighted by molar-refractivity contribution is -0.141. The monoisotopic (exact) mass is 482 g/mol. The van der Waals surface area contributed by atoms with Gasteiger partial charge in [0.15, 0.2) is 17.5 Å². The van der Waals surface area contributed by atoms with Gasteiger partial charge in [0.2, 0.25) is 0 Å². The molecule has 4 heterocycles. The zero-order valence-corrected chi connectivity index (χ0v) is 19.2. The van der Waals surface area contributed by atoms with Crippen molar-refractivity contribution in [1.82, 2.24) is 29.7 Å². The minimum absolute atomic E-state index is 0.0163. The van der Waals surface area contributed by atoms with Crippen LogP contribution in [0.5, 0.6) is 0 Å². The number of aliphatic carboxylic acids is 1. The summed E-state index contributed by atoms with van der Waals surface area (Å²) in [4.78, 5) is 24.9. The molecule has 0 spiro atoms. The van der Waals surface area contributed by atoms with E-state index in [1.165, 1.54) is 23.1 Å². The van der Waals surface area contributed by atoms with Crippen LogP contribution in [0.15, 0.2) is 44.0 Å². The van der Waals surface area contributed by atoms with Crippen molar-refractivity contribution in [2.75, 3.05) is 5.73 Å². The number of aromatic amines is 1. The second-order valence-corrected chi connectivity index (χ2v) is 7.08. The zero-order chi connectivity index (χ0) is 26.1. The summed E-state index contributed by atoms with van der Waals surface area (Å²) in [6.07, 6.45) is 6.20. The maximum Gasteiger partial charge on any atom is 0.306 e. The van der Waals surface area contributed by atoms with Crippen LogP contribution in [0.4, 0.5) is 14.6 Å². The van der Waals surface area contributed by atoms with Crippen molar-refractivity contribution in [2.45, 2.75) is 26.8 Å². The molecule has 0 aliphatic carbocycles. The molecule has 0 radical (unpaired) electrons. The maximum absolute atomic E-state index is 14.4. The number of nitriles is 1. The highest BCUT2D eigenvalue weighted by molar-refractivity contribution is 5.92. The molecule has 1 unspecified atom stereocenters. The Labute approximate surface area is 199 Å². The van der Waals surface area contributed by atoms with E-state index in [4.69, 9.17) is 16.1 Å². The third-order valence-electron chi connectivity index (χ3n) is 4.79. The van der Waals surface area contributed by atoms with Crippen LogP contribution in [-0.4, -0.2) is 40.8 Å². The minimum Gasteiger partial charge on any atom is -0.481 e. The first-order valence-corrected chi connectivity index (χ1v) is 10.3. The molecule has 0 bridgehead atoms. The van der Waals surface area contributed by atoms with E-state index >= 15 is 0 Å². The van der Waals surface area contributed by atoms with E-state index in [0.717, 1.165) is 12.6 Å². The van der Waals surface area contributed by atoms with Gasteiger partial charge in [-0.1, -0.05) is 13.8 Å². The van der Waals surface area contributed by atoms with Gasteiger partial charge in [-0.2, -0.15) is 10.4 Å². The molecular weight excluding hydrogens is 458 g/mol. The Bertz CT molecular complexity index is 1360. The van der Waals surface area contributed by atoms with Gasteiger partial charge in [0, 0.05) is 28.9 Å². The van der Waals surface area contributed by atoms with E-state index < -0.39 is 17.6 Å². The fourth-order valence-corrected chi connectivity index (χ4v) is 2.76. The molecule has 0 aliphatic rings. The fourth-order valence-electron chi connectivity index (χ4n) is 2.76. The highest BCUT2D eigenvalue weighted by Gasteiger charge is 2.19. The van der Waals surface area contributed by atoms with Crippen LogP contribution in [0.25, 0.3) is 33.7 Å². The van der Waals surface area contributed by atoms with Crippen LogP contribution < -0.4 is 5.73 Å². The number of hydrogen-bond donors (Lipinski definition) is 3. The van der Waals surface area contributed by atoms with Crippen LogP contribution in [0.1, 0.15) is 20.3 Å². The van der Waals surface area contributed by atoms with Gasteiger partial charge in [-0.05, 0) is 12.5 Å². The van der Waals surface area contributed by atoms with Gasteiger partial charge in [0.05, 0.1) is 24.4 Å². The van der Waals surface area contributed by atoms with Gasteiger partial charge in [0.25, 0.3) is 0 Å². The van der Waals surface area contributed by atoms with Crippen LogP contribution in [0, 0.1) is 28.9 Å². The highest BCUT2D eigenvalue weighted by Crippen LogP contribution is 2.30. The minimum atomic E-state index is -0.797. The fraction of sp³-hybridized carbons (Fsp3) is 0.217. The number of H-pyrrole nitrogens is 1. The number of nitrogens with zero attached hydrogens (tertiary/aromatic N) is 6. The first kappa shape index (κ1) is 26.6. The molecule has 0 saturated heterocycles. The third kappa shape index (κ3) is 6.23. The lowest BCUT2D eigenvalue weighted by Gasteiger charge is -2.06. The molecule has 12 heteroatoms. The van der Waals surface area contributed by atoms with E-state index in [2.05, 4.69) is 38.2 Å². The van der Waals surface area contributed by atoms with Crippen molar-refractivity contribution >= 4 is 22.8 Å². The zero-order valence-electron chi connectivity index (χ0n) is 19.2. The second kappa shape index (κ2) is 12.0. The average Bonchev–Trinajstić information content (AvgIpc) is 3.49. The van der Waals surface area contributed by atoms with Gasteiger partial charge in [0.1, 0.15) is 23.7 Å². The van der Waals surface area contributed by atoms with Gasteiger partial charge in [-0.3, -0.25) is 9.48 Å². The Morgan fingerprint density at radius 3 is 2.66 bits per heavy atom. The van der Waals surface area contributed by atoms with Gasteiger partial charge in [-0.25, -0.2) is 23.7 Å². The van der Waals surface area contributed by atoms with E-state index in [0.29, 0.717) is 22.2 Å². The predicted octanol–water partition coefficient (Wildman–Crippen LogP) is 4.19. The smallest absolute Gasteiger partial charge is 0.306 e. The number of hydrogen-bond acceptors (Lipinski definition) is 7. The molecule has 0 amide bonds. The Morgan fingerprint density at radius 1 is 1.34 bits per heavy atom. The molecule has 35 heavy (non-hydrogen) atoms. The van der Waals surface area contributed by atoms with E-state index in [1.807, 2.05) is 13.0 Å². The van der Waals surface area contributed by atoms with E-state index in [9.17, 15) is 13.6 Å². The SMILES string of the molecule is C=C.CCC(C)C(=O)O.N#CCn1cc(-c2nc(-c3c[nH]c4ncc(F)cc34)nc(N)c2F)cn1. The van der Waals surface area contributed by atoms with Gasteiger partial charge in [-0.15, -0.1) is 13.2 Å². The number of fused-ring (bicyclic) bond motifs is 1. The summed E-state index contributed by atoms with van der Waals surface area (Å²) >= 11 is 0. The van der Waals surface area contributed by atoms with Crippen LogP contribution in [0.3, 0.4) is 0 Å².